The molecule has 0 unspecified atom stereocenters. The lowest BCUT2D eigenvalue weighted by molar-refractivity contribution is -0.113. The molecule has 4 rings (SSSR count). The van der Waals surface area contributed by atoms with Crippen molar-refractivity contribution >= 4 is 46.5 Å². The third-order valence-electron chi connectivity index (χ3n) is 5.23. The molecule has 1 saturated heterocycles. The van der Waals surface area contributed by atoms with Gasteiger partial charge in [-0.05, 0) is 24.3 Å². The van der Waals surface area contributed by atoms with Crippen LogP contribution in [0.5, 0.6) is 5.75 Å². The zero-order chi connectivity index (χ0) is 23.2. The number of rotatable bonds is 7. The fourth-order valence-electron chi connectivity index (χ4n) is 3.51. The van der Waals surface area contributed by atoms with Gasteiger partial charge in [0, 0.05) is 44.0 Å². The lowest BCUT2D eigenvalue weighted by Crippen LogP contribution is -2.46. The Balaban J connectivity index is 1.31. The highest BCUT2D eigenvalue weighted by Gasteiger charge is 2.19. The van der Waals surface area contributed by atoms with E-state index in [-0.39, 0.29) is 22.4 Å². The van der Waals surface area contributed by atoms with Gasteiger partial charge >= 0.3 is 0 Å². The number of carbonyl (C=O) groups excluding carboxylic acids is 1. The molecule has 7 nitrogen and oxygen atoms in total. The Bertz CT molecular complexity index is 1130. The number of ether oxygens (including phenoxy) is 1. The molecule has 3 aromatic rings. The van der Waals surface area contributed by atoms with Crippen LogP contribution in [-0.4, -0.2) is 54.9 Å². The molecule has 1 aromatic heterocycles. The Morgan fingerprint density at radius 3 is 2.67 bits per heavy atom. The number of aromatic nitrogens is 2. The molecule has 1 aliphatic heterocycles. The molecule has 0 radical (unpaired) electrons. The summed E-state index contributed by atoms with van der Waals surface area (Å²) in [6.45, 7) is 3.33. The molecule has 0 saturated carbocycles. The van der Waals surface area contributed by atoms with Gasteiger partial charge in [-0.25, -0.2) is 14.4 Å². The number of nitrogens with zero attached hydrogens (tertiary/aromatic N) is 4. The number of thioether (sulfide) groups is 1. The molecule has 10 heteroatoms. The van der Waals surface area contributed by atoms with Crippen LogP contribution in [0.15, 0.2) is 59.9 Å². The quantitative estimate of drug-likeness (QED) is 0.392. The van der Waals surface area contributed by atoms with Crippen molar-refractivity contribution in [1.82, 2.24) is 9.97 Å². The number of carbonyl (C=O) groups is 1. The molecule has 2 aromatic carbocycles. The third-order valence-corrected chi connectivity index (χ3v) is 6.44. The summed E-state index contributed by atoms with van der Waals surface area (Å²) in [6, 6.07) is 14.4. The van der Waals surface area contributed by atoms with Gasteiger partial charge in [0.2, 0.25) is 5.91 Å². The van der Waals surface area contributed by atoms with Gasteiger partial charge in [-0.2, -0.15) is 0 Å². The monoisotopic (exact) mass is 487 g/mol. The van der Waals surface area contributed by atoms with E-state index in [1.54, 1.807) is 13.2 Å². The first-order valence-corrected chi connectivity index (χ1v) is 11.7. The zero-order valence-electron chi connectivity index (χ0n) is 18.0. The summed E-state index contributed by atoms with van der Waals surface area (Å²) in [5, 5.41) is 3.18. The van der Waals surface area contributed by atoms with Gasteiger partial charge in [-0.1, -0.05) is 35.5 Å². The maximum Gasteiger partial charge on any atom is 0.234 e. The Kier molecular flexibility index (Phi) is 7.51. The van der Waals surface area contributed by atoms with Gasteiger partial charge < -0.3 is 19.9 Å². The molecule has 172 valence electrons. The van der Waals surface area contributed by atoms with E-state index in [4.69, 9.17) is 16.3 Å². The molecule has 0 atom stereocenters. The van der Waals surface area contributed by atoms with Gasteiger partial charge in [0.25, 0.3) is 0 Å². The number of nitrogens with one attached hydrogen (secondary N) is 1. The Morgan fingerprint density at radius 1 is 1.12 bits per heavy atom. The van der Waals surface area contributed by atoms with E-state index in [1.165, 1.54) is 30.2 Å². The second kappa shape index (κ2) is 10.7. The van der Waals surface area contributed by atoms with Gasteiger partial charge in [-0.3, -0.25) is 4.79 Å². The van der Waals surface area contributed by atoms with Gasteiger partial charge in [0.15, 0.2) is 5.82 Å². The summed E-state index contributed by atoms with van der Waals surface area (Å²) in [5.41, 5.74) is 1.19. The number of halogens is 2. The minimum atomic E-state index is -0.644. The van der Waals surface area contributed by atoms with Gasteiger partial charge in [-0.15, -0.1) is 0 Å². The molecule has 1 fully saturated rings. The van der Waals surface area contributed by atoms with Crippen LogP contribution in [-0.2, 0) is 4.79 Å². The minimum Gasteiger partial charge on any atom is -0.497 e. The first kappa shape index (κ1) is 23.1. The molecular formula is C23H23ClFN5O2S. The first-order valence-electron chi connectivity index (χ1n) is 10.4. The van der Waals surface area contributed by atoms with E-state index in [1.807, 2.05) is 24.3 Å². The molecule has 0 bridgehead atoms. The van der Waals surface area contributed by atoms with Crippen molar-refractivity contribution in [3.8, 4) is 5.75 Å². The van der Waals surface area contributed by atoms with Crippen molar-refractivity contribution < 1.29 is 13.9 Å². The molecule has 0 aliphatic carbocycles. The summed E-state index contributed by atoms with van der Waals surface area (Å²) in [5.74, 6) is 0.767. The number of anilines is 3. The number of piperazine rings is 1. The van der Waals surface area contributed by atoms with Crippen molar-refractivity contribution in [3.63, 3.8) is 0 Å². The molecule has 0 spiro atoms. The smallest absolute Gasteiger partial charge is 0.234 e. The van der Waals surface area contributed by atoms with E-state index in [0.717, 1.165) is 43.4 Å². The van der Waals surface area contributed by atoms with E-state index < -0.39 is 5.82 Å². The zero-order valence-corrected chi connectivity index (χ0v) is 19.6. The lowest BCUT2D eigenvalue weighted by atomic mass is 10.2. The molecule has 1 aliphatic rings. The van der Waals surface area contributed by atoms with Crippen LogP contribution in [0.25, 0.3) is 0 Å². The number of hydrogen-bond acceptors (Lipinski definition) is 7. The highest BCUT2D eigenvalue weighted by Crippen LogP contribution is 2.26. The summed E-state index contributed by atoms with van der Waals surface area (Å²) in [4.78, 5) is 25.4. The van der Waals surface area contributed by atoms with Crippen molar-refractivity contribution in [2.24, 2.45) is 0 Å². The SMILES string of the molecule is COc1cccc(N2CCN(c3cc(SCC(=O)Nc4cccc(Cl)c4F)ncn3)CC2)c1. The van der Waals surface area contributed by atoms with Crippen LogP contribution in [0, 0.1) is 5.82 Å². The van der Waals surface area contributed by atoms with Gasteiger partial charge in [0.1, 0.15) is 22.9 Å². The third kappa shape index (κ3) is 5.85. The maximum absolute atomic E-state index is 14.0. The minimum absolute atomic E-state index is 0.0348. The normalized spacial score (nSPS) is 13.7. The summed E-state index contributed by atoms with van der Waals surface area (Å²) in [6.07, 6.45) is 1.50. The fraction of sp³-hybridized carbons (Fsp3) is 0.261. The summed E-state index contributed by atoms with van der Waals surface area (Å²) in [7, 11) is 1.67. The fourth-order valence-corrected chi connectivity index (χ4v) is 4.34. The molecule has 1 N–H and O–H groups in total. The first-order chi connectivity index (χ1) is 16.0. The number of hydrogen-bond donors (Lipinski definition) is 1. The maximum atomic E-state index is 14.0. The van der Waals surface area contributed by atoms with E-state index >= 15 is 0 Å². The summed E-state index contributed by atoms with van der Waals surface area (Å²) < 4.78 is 19.3. The standard InChI is InChI=1S/C23H23ClFN5O2S/c1-32-17-5-2-4-16(12-17)29-8-10-30(11-9-29)20-13-22(27-15-26-20)33-14-21(31)28-19-7-3-6-18(24)23(19)25/h2-7,12-13,15H,8-11,14H2,1H3,(H,28,31). The average Bonchev–Trinajstić information content (AvgIpc) is 2.86. The second-order valence-electron chi connectivity index (χ2n) is 7.33. The number of methoxy groups -OCH3 is 1. The van der Waals surface area contributed by atoms with Crippen molar-refractivity contribution in [2.75, 3.05) is 54.2 Å². The van der Waals surface area contributed by atoms with Crippen molar-refractivity contribution in [2.45, 2.75) is 5.03 Å². The van der Waals surface area contributed by atoms with Gasteiger partial charge in [0.05, 0.1) is 23.6 Å². The van der Waals surface area contributed by atoms with Crippen LogP contribution in [0.2, 0.25) is 5.02 Å². The van der Waals surface area contributed by atoms with Crippen LogP contribution >= 0.6 is 23.4 Å². The molecule has 33 heavy (non-hydrogen) atoms. The predicted octanol–water partition coefficient (Wildman–Crippen LogP) is 4.34. The highest BCUT2D eigenvalue weighted by atomic mass is 35.5. The van der Waals surface area contributed by atoms with E-state index in [9.17, 15) is 9.18 Å². The van der Waals surface area contributed by atoms with Crippen LogP contribution in [0.3, 0.4) is 0 Å². The van der Waals surface area contributed by atoms with Crippen LogP contribution in [0.4, 0.5) is 21.6 Å². The van der Waals surface area contributed by atoms with E-state index in [2.05, 4.69) is 31.2 Å². The van der Waals surface area contributed by atoms with E-state index in [0.29, 0.717) is 5.03 Å². The average molecular weight is 488 g/mol. The number of benzene rings is 2. The van der Waals surface area contributed by atoms with Crippen molar-refractivity contribution in [3.05, 3.63) is 65.7 Å². The topological polar surface area (TPSA) is 70.6 Å². The Labute approximate surface area is 200 Å². The van der Waals surface area contributed by atoms with Crippen molar-refractivity contribution in [1.29, 1.82) is 0 Å². The Morgan fingerprint density at radius 2 is 1.88 bits per heavy atom. The highest BCUT2D eigenvalue weighted by molar-refractivity contribution is 7.99. The molecule has 1 amide bonds. The van der Waals surface area contributed by atoms with Crippen LogP contribution < -0.4 is 19.9 Å². The second-order valence-corrected chi connectivity index (χ2v) is 8.73. The predicted molar refractivity (Wildman–Crippen MR) is 130 cm³/mol. The summed E-state index contributed by atoms with van der Waals surface area (Å²) >= 11 is 7.03. The van der Waals surface area contributed by atoms with Crippen LogP contribution in [0.1, 0.15) is 0 Å². The molecule has 2 heterocycles. The number of amides is 1. The Hall–Kier alpha value is -3.04. The largest absolute Gasteiger partial charge is 0.497 e. The molecular weight excluding hydrogens is 465 g/mol. The lowest BCUT2D eigenvalue weighted by Gasteiger charge is -2.36.